The van der Waals surface area contributed by atoms with E-state index in [1.807, 2.05) is 0 Å². The second-order valence-corrected chi connectivity index (χ2v) is 19.8. The molecule has 0 radical (unpaired) electrons. The standard InChI is InChI=1S/C50H84N2O12S/c1-3-5-7-9-11-13-15-17-19-21-23-25-27-29-47(56)63-39-43(64-48(57)30-28-26-24-22-20-18-16-14-12-10-8-6-4-2)40-65(61,62)38-37-45(53)51-42-33-31-41(32-34-42)49(58)52-44(50(59)60)35-36-46(54)55/h31-34,43-44H,3-30,35-40H2,1-2H3,(H,51,53)(H,52,58)(H,54,55)(H,59,60)/t43?,44-/m0/s1. The summed E-state index contributed by atoms with van der Waals surface area (Å²) in [6, 6.07) is 4.01. The lowest BCUT2D eigenvalue weighted by Gasteiger charge is -2.18. The lowest BCUT2D eigenvalue weighted by atomic mass is 10.0. The molecule has 1 unspecified atom stereocenters. The van der Waals surface area contributed by atoms with Gasteiger partial charge in [0.25, 0.3) is 5.91 Å². The van der Waals surface area contributed by atoms with E-state index in [0.717, 1.165) is 38.5 Å². The Kier molecular flexibility index (Phi) is 34.6. The van der Waals surface area contributed by atoms with Crippen LogP contribution in [0.15, 0.2) is 24.3 Å². The molecular weight excluding hydrogens is 853 g/mol. The van der Waals surface area contributed by atoms with Crippen molar-refractivity contribution in [1.82, 2.24) is 5.32 Å². The number of amides is 2. The zero-order valence-electron chi connectivity index (χ0n) is 39.9. The van der Waals surface area contributed by atoms with Crippen LogP contribution in [0.1, 0.15) is 223 Å². The van der Waals surface area contributed by atoms with Crippen molar-refractivity contribution in [2.45, 2.75) is 225 Å². The molecule has 2 atom stereocenters. The topological polar surface area (TPSA) is 220 Å². The molecule has 0 aliphatic rings. The Morgan fingerprint density at radius 1 is 0.569 bits per heavy atom. The Labute approximate surface area is 390 Å². The fourth-order valence-corrected chi connectivity index (χ4v) is 8.90. The number of nitrogens with one attached hydrogen (secondary N) is 2. The van der Waals surface area contributed by atoms with E-state index in [2.05, 4.69) is 24.5 Å². The zero-order chi connectivity index (χ0) is 48.0. The van der Waals surface area contributed by atoms with Gasteiger partial charge in [0.2, 0.25) is 5.91 Å². The number of rotatable bonds is 43. The van der Waals surface area contributed by atoms with Crippen molar-refractivity contribution in [2.24, 2.45) is 0 Å². The molecule has 0 aliphatic carbocycles. The molecule has 4 N–H and O–H groups in total. The summed E-state index contributed by atoms with van der Waals surface area (Å²) in [5.74, 6) is -6.19. The van der Waals surface area contributed by atoms with Crippen molar-refractivity contribution in [3.63, 3.8) is 0 Å². The minimum Gasteiger partial charge on any atom is -0.481 e. The summed E-state index contributed by atoms with van der Waals surface area (Å²) in [6.45, 7) is 4.05. The van der Waals surface area contributed by atoms with E-state index in [0.29, 0.717) is 12.8 Å². The van der Waals surface area contributed by atoms with Gasteiger partial charge in [-0.2, -0.15) is 0 Å². The zero-order valence-corrected chi connectivity index (χ0v) is 40.7. The number of carboxylic acid groups (broad SMARTS) is 2. The highest BCUT2D eigenvalue weighted by Crippen LogP contribution is 2.17. The normalized spacial score (nSPS) is 12.3. The number of carboxylic acids is 2. The Bertz CT molecular complexity index is 1580. The Morgan fingerprint density at radius 2 is 1.00 bits per heavy atom. The fourth-order valence-electron chi connectivity index (χ4n) is 7.50. The predicted octanol–water partition coefficient (Wildman–Crippen LogP) is 10.9. The van der Waals surface area contributed by atoms with Gasteiger partial charge >= 0.3 is 23.9 Å². The molecule has 0 spiro atoms. The van der Waals surface area contributed by atoms with Gasteiger partial charge < -0.3 is 30.3 Å². The number of anilines is 1. The second-order valence-electron chi connectivity index (χ2n) is 17.6. The third-order valence-corrected chi connectivity index (χ3v) is 13.2. The van der Waals surface area contributed by atoms with E-state index in [1.54, 1.807) is 0 Å². The highest BCUT2D eigenvalue weighted by atomic mass is 32.2. The molecule has 14 nitrogen and oxygen atoms in total. The molecule has 0 fully saturated rings. The number of carbonyl (C=O) groups excluding carboxylic acids is 4. The van der Waals surface area contributed by atoms with E-state index in [1.165, 1.54) is 140 Å². The first kappa shape index (κ1) is 59.0. The van der Waals surface area contributed by atoms with E-state index in [9.17, 15) is 42.3 Å². The van der Waals surface area contributed by atoms with Crippen molar-refractivity contribution in [1.29, 1.82) is 0 Å². The molecule has 0 aromatic heterocycles. The summed E-state index contributed by atoms with van der Waals surface area (Å²) in [5, 5.41) is 23.0. The van der Waals surface area contributed by atoms with E-state index in [4.69, 9.17) is 14.6 Å². The molecule has 0 heterocycles. The van der Waals surface area contributed by atoms with Gasteiger partial charge in [0.05, 0.1) is 11.5 Å². The fraction of sp³-hybridized carbons (Fsp3) is 0.760. The van der Waals surface area contributed by atoms with Crippen molar-refractivity contribution in [2.75, 3.05) is 23.4 Å². The molecule has 2 amide bonds. The molecule has 0 bridgehead atoms. The summed E-state index contributed by atoms with van der Waals surface area (Å²) < 4.78 is 37.5. The van der Waals surface area contributed by atoms with Gasteiger partial charge in [-0.25, -0.2) is 13.2 Å². The van der Waals surface area contributed by atoms with E-state index in [-0.39, 0.29) is 30.5 Å². The number of unbranched alkanes of at least 4 members (excludes halogenated alkanes) is 24. The number of esters is 2. The average Bonchev–Trinajstić information content (AvgIpc) is 3.26. The summed E-state index contributed by atoms with van der Waals surface area (Å²) in [4.78, 5) is 73.1. The number of hydrogen-bond donors (Lipinski definition) is 4. The van der Waals surface area contributed by atoms with Gasteiger partial charge in [-0.1, -0.05) is 168 Å². The Morgan fingerprint density at radius 3 is 1.43 bits per heavy atom. The predicted molar refractivity (Wildman–Crippen MR) is 256 cm³/mol. The molecule has 65 heavy (non-hydrogen) atoms. The third kappa shape index (κ3) is 34.0. The van der Waals surface area contributed by atoms with Crippen LogP contribution in [0.5, 0.6) is 0 Å². The van der Waals surface area contributed by atoms with Crippen LogP contribution >= 0.6 is 0 Å². The first-order valence-corrected chi connectivity index (χ1v) is 26.8. The van der Waals surface area contributed by atoms with Crippen molar-refractivity contribution >= 4 is 51.2 Å². The van der Waals surface area contributed by atoms with Gasteiger partial charge in [-0.15, -0.1) is 0 Å². The van der Waals surface area contributed by atoms with Crippen molar-refractivity contribution in [3.05, 3.63) is 29.8 Å². The third-order valence-electron chi connectivity index (χ3n) is 11.5. The van der Waals surface area contributed by atoms with Crippen molar-refractivity contribution < 1.29 is 56.9 Å². The summed E-state index contributed by atoms with van der Waals surface area (Å²) in [7, 11) is -3.97. The first-order chi connectivity index (χ1) is 31.3. The van der Waals surface area contributed by atoms with Crippen molar-refractivity contribution in [3.8, 4) is 0 Å². The lowest BCUT2D eigenvalue weighted by Crippen LogP contribution is -2.41. The van der Waals surface area contributed by atoms with Gasteiger partial charge in [-0.3, -0.25) is 24.0 Å². The van der Waals surface area contributed by atoms with E-state index >= 15 is 0 Å². The maximum absolute atomic E-state index is 13.2. The van der Waals surface area contributed by atoms with E-state index < -0.39 is 88.6 Å². The first-order valence-electron chi connectivity index (χ1n) is 25.0. The van der Waals surface area contributed by atoms with Crippen LogP contribution < -0.4 is 10.6 Å². The number of sulfone groups is 1. The van der Waals surface area contributed by atoms with Gasteiger partial charge in [0.1, 0.15) is 18.8 Å². The van der Waals surface area contributed by atoms with Crippen LogP contribution in [-0.2, 0) is 43.3 Å². The Hall–Kier alpha value is -4.01. The van der Waals surface area contributed by atoms with Gasteiger partial charge in [-0.05, 0) is 43.5 Å². The molecule has 15 heteroatoms. The summed E-state index contributed by atoms with van der Waals surface area (Å²) in [6.07, 6.45) is 28.2. The number of hydrogen-bond acceptors (Lipinski definition) is 10. The lowest BCUT2D eigenvalue weighted by molar-refractivity contribution is -0.157. The quantitative estimate of drug-likeness (QED) is 0.0355. The maximum Gasteiger partial charge on any atom is 0.326 e. The molecule has 372 valence electrons. The van der Waals surface area contributed by atoms with Crippen LogP contribution in [0.25, 0.3) is 0 Å². The van der Waals surface area contributed by atoms with Crippen LogP contribution in [0.3, 0.4) is 0 Å². The minimum absolute atomic E-state index is 0.0619. The van der Waals surface area contributed by atoms with Crippen LogP contribution in [0, 0.1) is 0 Å². The highest BCUT2D eigenvalue weighted by Gasteiger charge is 2.26. The summed E-state index contributed by atoms with van der Waals surface area (Å²) >= 11 is 0. The van der Waals surface area contributed by atoms with Crippen LogP contribution in [-0.4, -0.2) is 84.6 Å². The Balaban J connectivity index is 2.62. The highest BCUT2D eigenvalue weighted by molar-refractivity contribution is 7.91. The second kappa shape index (κ2) is 38.1. The van der Waals surface area contributed by atoms with Gasteiger partial charge in [0, 0.05) is 36.9 Å². The molecular formula is C50H84N2O12S. The maximum atomic E-state index is 13.2. The molecule has 0 aliphatic heterocycles. The van der Waals surface area contributed by atoms with Gasteiger partial charge in [0.15, 0.2) is 9.84 Å². The minimum atomic E-state index is -3.97. The molecule has 1 rings (SSSR count). The molecule has 1 aromatic carbocycles. The summed E-state index contributed by atoms with van der Waals surface area (Å²) in [5.41, 5.74) is 0.312. The molecule has 1 aromatic rings. The molecule has 0 saturated heterocycles. The smallest absolute Gasteiger partial charge is 0.326 e. The largest absolute Gasteiger partial charge is 0.481 e. The SMILES string of the molecule is CCCCCCCCCCCCCCCC(=O)OCC(CS(=O)(=O)CCC(=O)Nc1ccc(C(=O)N[C@@H](CCC(=O)O)C(=O)O)cc1)OC(=O)CCCCCCCCCCCCCCC. The number of aliphatic carboxylic acids is 2. The molecule has 0 saturated carbocycles. The van der Waals surface area contributed by atoms with Crippen LogP contribution in [0.4, 0.5) is 5.69 Å². The number of ether oxygens (including phenoxy) is 2. The monoisotopic (exact) mass is 937 g/mol. The van der Waals surface area contributed by atoms with Crippen LogP contribution in [0.2, 0.25) is 0 Å². The average molecular weight is 937 g/mol. The number of benzene rings is 1. The number of carbonyl (C=O) groups is 6.